The van der Waals surface area contributed by atoms with Gasteiger partial charge in [0.2, 0.25) is 5.91 Å². The van der Waals surface area contributed by atoms with Gasteiger partial charge in [-0.25, -0.2) is 0 Å². The van der Waals surface area contributed by atoms with Gasteiger partial charge in [0.15, 0.2) is 0 Å². The van der Waals surface area contributed by atoms with E-state index in [1.807, 2.05) is 24.3 Å². The monoisotopic (exact) mass is 278 g/mol. The van der Waals surface area contributed by atoms with Crippen LogP contribution in [0.1, 0.15) is 27.2 Å². The maximum Gasteiger partial charge on any atom is 0.305 e. The third kappa shape index (κ3) is 4.26. The molecule has 0 bridgehead atoms. The van der Waals surface area contributed by atoms with Gasteiger partial charge >= 0.3 is 5.97 Å². The number of benzene rings is 1. The molecule has 0 aliphatic rings. The molecule has 0 aliphatic heterocycles. The summed E-state index contributed by atoms with van der Waals surface area (Å²) in [7, 11) is 0. The minimum atomic E-state index is -0.906. The van der Waals surface area contributed by atoms with Gasteiger partial charge in [0.25, 0.3) is 0 Å². The van der Waals surface area contributed by atoms with E-state index < -0.39 is 5.97 Å². The number of carboxylic acid groups (broad SMARTS) is 1. The lowest BCUT2D eigenvalue weighted by molar-refractivity contribution is -0.136. The number of rotatable bonds is 7. The molecule has 0 spiro atoms. The topological polar surface area (TPSA) is 60.9 Å². The summed E-state index contributed by atoms with van der Waals surface area (Å²) in [5, 5.41) is 8.73. The fourth-order valence-corrected chi connectivity index (χ4v) is 2.11. The predicted octanol–water partition coefficient (Wildman–Crippen LogP) is 2.36. The van der Waals surface area contributed by atoms with Crippen LogP contribution in [0.15, 0.2) is 24.3 Å². The summed E-state index contributed by atoms with van der Waals surface area (Å²) in [5.41, 5.74) is 1.83. The largest absolute Gasteiger partial charge is 0.481 e. The average molecular weight is 278 g/mol. The predicted molar refractivity (Wildman–Crippen MR) is 80.3 cm³/mol. The van der Waals surface area contributed by atoms with Crippen LogP contribution >= 0.6 is 0 Å². The van der Waals surface area contributed by atoms with E-state index in [2.05, 4.69) is 18.7 Å². The number of aliphatic carboxylic acids is 1. The van der Waals surface area contributed by atoms with Crippen LogP contribution in [0.4, 0.5) is 11.4 Å². The van der Waals surface area contributed by atoms with Gasteiger partial charge < -0.3 is 14.9 Å². The summed E-state index contributed by atoms with van der Waals surface area (Å²) in [5.74, 6) is -1.06. The number of hydrogen-bond acceptors (Lipinski definition) is 3. The van der Waals surface area contributed by atoms with Crippen molar-refractivity contribution in [3.05, 3.63) is 24.3 Å². The summed E-state index contributed by atoms with van der Waals surface area (Å²) in [6, 6.07) is 7.63. The molecule has 1 rings (SSSR count). The molecule has 0 aliphatic carbocycles. The zero-order chi connectivity index (χ0) is 15.1. The second-order valence-electron chi connectivity index (χ2n) is 4.50. The molecule has 110 valence electrons. The molecule has 0 atom stereocenters. The van der Waals surface area contributed by atoms with E-state index in [-0.39, 0.29) is 18.9 Å². The minimum absolute atomic E-state index is 0.0582. The Balaban J connectivity index is 2.87. The van der Waals surface area contributed by atoms with E-state index in [0.29, 0.717) is 0 Å². The fourth-order valence-electron chi connectivity index (χ4n) is 2.11. The summed E-state index contributed by atoms with van der Waals surface area (Å²) < 4.78 is 0. The number of carbonyl (C=O) groups excluding carboxylic acids is 1. The Morgan fingerprint density at radius 1 is 1.05 bits per heavy atom. The lowest BCUT2D eigenvalue weighted by atomic mass is 10.2. The number of carboxylic acids is 1. The van der Waals surface area contributed by atoms with Gasteiger partial charge in [0.05, 0.1) is 6.42 Å². The maximum atomic E-state index is 11.6. The van der Waals surface area contributed by atoms with E-state index in [0.717, 1.165) is 24.5 Å². The standard InChI is InChI=1S/C15H22N2O3/c1-4-16(5-2)13-6-8-14(9-7-13)17(12(3)18)11-10-15(19)20/h6-9H,4-5,10-11H2,1-3H3,(H,19,20). The number of carbonyl (C=O) groups is 2. The highest BCUT2D eigenvalue weighted by Gasteiger charge is 2.13. The molecule has 20 heavy (non-hydrogen) atoms. The van der Waals surface area contributed by atoms with Gasteiger partial charge in [-0.1, -0.05) is 0 Å². The molecular formula is C15H22N2O3. The molecule has 0 heterocycles. The Morgan fingerprint density at radius 3 is 1.95 bits per heavy atom. The van der Waals surface area contributed by atoms with Gasteiger partial charge in [-0.3, -0.25) is 9.59 Å². The SMILES string of the molecule is CCN(CC)c1ccc(N(CCC(=O)O)C(C)=O)cc1. The number of nitrogens with zero attached hydrogens (tertiary/aromatic N) is 2. The molecule has 1 N–H and O–H groups in total. The molecule has 0 saturated carbocycles. The Kier molecular flexibility index (Phi) is 6.03. The number of anilines is 2. The highest BCUT2D eigenvalue weighted by atomic mass is 16.4. The Bertz CT molecular complexity index is 453. The van der Waals surface area contributed by atoms with Crippen molar-refractivity contribution in [2.24, 2.45) is 0 Å². The first kappa shape index (κ1) is 16.0. The number of amides is 1. The van der Waals surface area contributed by atoms with Crippen molar-refractivity contribution in [3.8, 4) is 0 Å². The minimum Gasteiger partial charge on any atom is -0.481 e. The summed E-state index contributed by atoms with van der Waals surface area (Å²) >= 11 is 0. The normalized spacial score (nSPS) is 10.2. The number of hydrogen-bond donors (Lipinski definition) is 1. The second kappa shape index (κ2) is 7.53. The molecule has 0 radical (unpaired) electrons. The van der Waals surface area contributed by atoms with Crippen LogP contribution in [0.2, 0.25) is 0 Å². The third-order valence-electron chi connectivity index (χ3n) is 3.22. The van der Waals surface area contributed by atoms with Crippen LogP contribution in [0.25, 0.3) is 0 Å². The van der Waals surface area contributed by atoms with E-state index >= 15 is 0 Å². The fraction of sp³-hybridized carbons (Fsp3) is 0.467. The van der Waals surface area contributed by atoms with E-state index in [9.17, 15) is 9.59 Å². The van der Waals surface area contributed by atoms with Crippen LogP contribution < -0.4 is 9.80 Å². The molecule has 5 nitrogen and oxygen atoms in total. The molecule has 0 unspecified atom stereocenters. The van der Waals surface area contributed by atoms with Crippen LogP contribution in [-0.4, -0.2) is 36.6 Å². The summed E-state index contributed by atoms with van der Waals surface area (Å²) in [4.78, 5) is 25.9. The molecule has 1 amide bonds. The molecule has 1 aromatic carbocycles. The van der Waals surface area contributed by atoms with Gasteiger partial charge in [-0.15, -0.1) is 0 Å². The Morgan fingerprint density at radius 2 is 1.55 bits per heavy atom. The summed E-state index contributed by atoms with van der Waals surface area (Å²) in [6.07, 6.45) is -0.0582. The Hall–Kier alpha value is -2.04. The van der Waals surface area contributed by atoms with Crippen molar-refractivity contribution in [1.82, 2.24) is 0 Å². The average Bonchev–Trinajstić information content (AvgIpc) is 2.41. The quantitative estimate of drug-likeness (QED) is 0.831. The Labute approximate surface area is 119 Å². The van der Waals surface area contributed by atoms with Crippen LogP contribution in [0.5, 0.6) is 0 Å². The van der Waals surface area contributed by atoms with Gasteiger partial charge in [-0.2, -0.15) is 0 Å². The van der Waals surface area contributed by atoms with Crippen molar-refractivity contribution < 1.29 is 14.7 Å². The highest BCUT2D eigenvalue weighted by molar-refractivity contribution is 5.92. The summed E-state index contributed by atoms with van der Waals surface area (Å²) in [6.45, 7) is 7.66. The third-order valence-corrected chi connectivity index (χ3v) is 3.22. The smallest absolute Gasteiger partial charge is 0.305 e. The van der Waals surface area contributed by atoms with Gasteiger partial charge in [0.1, 0.15) is 0 Å². The molecule has 0 saturated heterocycles. The zero-order valence-corrected chi connectivity index (χ0v) is 12.3. The molecule has 0 fully saturated rings. The van der Waals surface area contributed by atoms with Crippen LogP contribution in [0.3, 0.4) is 0 Å². The van der Waals surface area contributed by atoms with Gasteiger partial charge in [-0.05, 0) is 38.1 Å². The first-order valence-corrected chi connectivity index (χ1v) is 6.84. The molecule has 0 aromatic heterocycles. The van der Waals surface area contributed by atoms with Crippen LogP contribution in [-0.2, 0) is 9.59 Å². The van der Waals surface area contributed by atoms with Crippen molar-refractivity contribution in [2.75, 3.05) is 29.4 Å². The van der Waals surface area contributed by atoms with E-state index in [1.54, 1.807) is 0 Å². The van der Waals surface area contributed by atoms with E-state index in [4.69, 9.17) is 5.11 Å². The zero-order valence-electron chi connectivity index (χ0n) is 12.3. The van der Waals surface area contributed by atoms with E-state index in [1.165, 1.54) is 11.8 Å². The van der Waals surface area contributed by atoms with Crippen molar-refractivity contribution in [2.45, 2.75) is 27.2 Å². The van der Waals surface area contributed by atoms with Crippen molar-refractivity contribution >= 4 is 23.3 Å². The van der Waals surface area contributed by atoms with Gasteiger partial charge in [0, 0.05) is 37.9 Å². The molecule has 1 aromatic rings. The lowest BCUT2D eigenvalue weighted by Crippen LogP contribution is -2.30. The lowest BCUT2D eigenvalue weighted by Gasteiger charge is -2.24. The second-order valence-corrected chi connectivity index (χ2v) is 4.50. The molecular weight excluding hydrogens is 256 g/mol. The maximum absolute atomic E-state index is 11.6. The van der Waals surface area contributed by atoms with Crippen LogP contribution in [0, 0.1) is 0 Å². The van der Waals surface area contributed by atoms with Crippen molar-refractivity contribution in [1.29, 1.82) is 0 Å². The first-order valence-electron chi connectivity index (χ1n) is 6.84. The first-order chi connectivity index (χ1) is 9.49. The molecule has 5 heteroatoms. The van der Waals surface area contributed by atoms with Crippen molar-refractivity contribution in [3.63, 3.8) is 0 Å². The highest BCUT2D eigenvalue weighted by Crippen LogP contribution is 2.21.